The summed E-state index contributed by atoms with van der Waals surface area (Å²) in [6.45, 7) is 2.09. The molecule has 0 aromatic heterocycles. The van der Waals surface area contributed by atoms with E-state index in [4.69, 9.17) is 5.11 Å². The molecule has 2 saturated carbocycles. The number of hydrogen-bond donors (Lipinski definition) is 2. The number of thioether (sulfide) groups is 1. The molecule has 5 heteroatoms. The van der Waals surface area contributed by atoms with Crippen LogP contribution in [0.15, 0.2) is 0 Å². The van der Waals surface area contributed by atoms with Gasteiger partial charge in [0.1, 0.15) is 0 Å². The first-order chi connectivity index (χ1) is 8.56. The fourth-order valence-corrected chi connectivity index (χ4v) is 4.09. The maximum absolute atomic E-state index is 11.7. The Bertz CT molecular complexity index is 334. The second-order valence-electron chi connectivity index (χ2n) is 5.58. The molecular formula is C13H21NO3S. The van der Waals surface area contributed by atoms with E-state index in [0.717, 1.165) is 23.6 Å². The van der Waals surface area contributed by atoms with Crippen molar-refractivity contribution in [3.8, 4) is 0 Å². The predicted molar refractivity (Wildman–Crippen MR) is 71.5 cm³/mol. The minimum absolute atomic E-state index is 0.00404. The average molecular weight is 271 g/mol. The molecule has 2 rings (SSSR count). The van der Waals surface area contributed by atoms with E-state index >= 15 is 0 Å². The van der Waals surface area contributed by atoms with Gasteiger partial charge in [0.05, 0.1) is 11.5 Å². The zero-order chi connectivity index (χ0) is 13.1. The van der Waals surface area contributed by atoms with Crippen LogP contribution < -0.4 is 5.32 Å². The lowest BCUT2D eigenvalue weighted by Crippen LogP contribution is -2.41. The molecule has 102 valence electrons. The van der Waals surface area contributed by atoms with E-state index in [1.807, 2.05) is 0 Å². The molecule has 0 spiro atoms. The van der Waals surface area contributed by atoms with Crippen LogP contribution in [0.2, 0.25) is 0 Å². The quantitative estimate of drug-likeness (QED) is 0.772. The van der Waals surface area contributed by atoms with Gasteiger partial charge in [-0.05, 0) is 43.9 Å². The predicted octanol–water partition coefficient (Wildman–Crippen LogP) is 1.75. The van der Waals surface area contributed by atoms with Gasteiger partial charge in [-0.25, -0.2) is 0 Å². The van der Waals surface area contributed by atoms with Crippen molar-refractivity contribution in [3.63, 3.8) is 0 Å². The normalized spacial score (nSPS) is 31.3. The van der Waals surface area contributed by atoms with Gasteiger partial charge in [0.25, 0.3) is 0 Å². The maximum atomic E-state index is 11.7. The fourth-order valence-electron chi connectivity index (χ4n) is 3.54. The number of carboxylic acids is 1. The van der Waals surface area contributed by atoms with Gasteiger partial charge in [0, 0.05) is 6.04 Å². The number of aliphatic carboxylic acids is 1. The summed E-state index contributed by atoms with van der Waals surface area (Å²) in [5.41, 5.74) is 0. The summed E-state index contributed by atoms with van der Waals surface area (Å²) in [4.78, 5) is 22.0. The summed E-state index contributed by atoms with van der Waals surface area (Å²) < 4.78 is 0. The highest BCUT2D eigenvalue weighted by atomic mass is 32.2. The zero-order valence-electron chi connectivity index (χ0n) is 10.7. The average Bonchev–Trinajstić information content (AvgIpc) is 2.89. The number of nitrogens with one attached hydrogen (secondary N) is 1. The van der Waals surface area contributed by atoms with Crippen LogP contribution in [0.4, 0.5) is 0 Å². The van der Waals surface area contributed by atoms with Crippen LogP contribution in [0, 0.1) is 17.8 Å². The maximum Gasteiger partial charge on any atom is 0.313 e. The first-order valence-electron chi connectivity index (χ1n) is 6.65. The highest BCUT2D eigenvalue weighted by molar-refractivity contribution is 8.00. The van der Waals surface area contributed by atoms with E-state index in [0.29, 0.717) is 5.92 Å². The van der Waals surface area contributed by atoms with Crippen molar-refractivity contribution in [2.24, 2.45) is 17.8 Å². The monoisotopic (exact) mass is 271 g/mol. The standard InChI is InChI=1S/C13H21NO3S/c1-8(11-5-9-2-3-10(11)4-9)14-12(15)6-18-7-13(16)17/h8-11H,2-7H2,1H3,(H,14,15)(H,16,17)/t8-,9-,10-,11-/m1/s1. The smallest absolute Gasteiger partial charge is 0.313 e. The van der Waals surface area contributed by atoms with Gasteiger partial charge >= 0.3 is 5.97 Å². The van der Waals surface area contributed by atoms with Crippen LogP contribution in [-0.2, 0) is 9.59 Å². The Kier molecular flexibility index (Phi) is 4.54. The van der Waals surface area contributed by atoms with Gasteiger partial charge < -0.3 is 10.4 Å². The molecule has 4 nitrogen and oxygen atoms in total. The lowest BCUT2D eigenvalue weighted by Gasteiger charge is -2.28. The topological polar surface area (TPSA) is 66.4 Å². The molecule has 4 atom stereocenters. The summed E-state index contributed by atoms with van der Waals surface area (Å²) in [7, 11) is 0. The van der Waals surface area contributed by atoms with Gasteiger partial charge in [-0.15, -0.1) is 11.8 Å². The van der Waals surface area contributed by atoms with Crippen LogP contribution in [-0.4, -0.2) is 34.5 Å². The molecule has 0 saturated heterocycles. The van der Waals surface area contributed by atoms with Crippen molar-refractivity contribution in [2.45, 2.75) is 38.6 Å². The van der Waals surface area contributed by atoms with E-state index < -0.39 is 5.97 Å². The third-order valence-electron chi connectivity index (χ3n) is 4.28. The van der Waals surface area contributed by atoms with Gasteiger partial charge in [-0.2, -0.15) is 0 Å². The molecule has 2 aliphatic rings. The molecule has 0 heterocycles. The Labute approximate surface area is 112 Å². The first-order valence-corrected chi connectivity index (χ1v) is 7.80. The summed E-state index contributed by atoms with van der Waals surface area (Å²) in [6.07, 6.45) is 5.30. The second kappa shape index (κ2) is 5.95. The van der Waals surface area contributed by atoms with Gasteiger partial charge in [0.15, 0.2) is 0 Å². The molecule has 2 fully saturated rings. The van der Waals surface area contributed by atoms with Crippen LogP contribution in [0.1, 0.15) is 32.6 Å². The van der Waals surface area contributed by atoms with E-state index in [9.17, 15) is 9.59 Å². The minimum atomic E-state index is -0.867. The summed E-state index contributed by atoms with van der Waals surface area (Å²) in [5.74, 6) is 1.67. The number of hydrogen-bond acceptors (Lipinski definition) is 3. The molecule has 2 bridgehead atoms. The van der Waals surface area contributed by atoms with Gasteiger partial charge in [-0.1, -0.05) is 6.42 Å². The molecule has 0 aromatic rings. The van der Waals surface area contributed by atoms with Crippen molar-refractivity contribution in [1.82, 2.24) is 5.32 Å². The Morgan fingerprint density at radius 1 is 1.33 bits per heavy atom. The molecule has 0 aromatic carbocycles. The van der Waals surface area contributed by atoms with Crippen LogP contribution >= 0.6 is 11.8 Å². The number of amides is 1. The fraction of sp³-hybridized carbons (Fsp3) is 0.846. The highest BCUT2D eigenvalue weighted by Crippen LogP contribution is 2.49. The van der Waals surface area contributed by atoms with Crippen molar-refractivity contribution >= 4 is 23.6 Å². The Hall–Kier alpha value is -0.710. The Morgan fingerprint density at radius 3 is 2.67 bits per heavy atom. The minimum Gasteiger partial charge on any atom is -0.481 e. The highest BCUT2D eigenvalue weighted by Gasteiger charge is 2.42. The molecule has 0 radical (unpaired) electrons. The molecule has 2 aliphatic carbocycles. The lowest BCUT2D eigenvalue weighted by molar-refractivity contribution is -0.133. The van der Waals surface area contributed by atoms with E-state index in [-0.39, 0.29) is 23.5 Å². The lowest BCUT2D eigenvalue weighted by atomic mass is 9.84. The number of fused-ring (bicyclic) bond motifs is 2. The molecule has 18 heavy (non-hydrogen) atoms. The van der Waals surface area contributed by atoms with Crippen molar-refractivity contribution < 1.29 is 14.7 Å². The van der Waals surface area contributed by atoms with E-state index in [1.54, 1.807) is 0 Å². The largest absolute Gasteiger partial charge is 0.481 e. The van der Waals surface area contributed by atoms with Crippen LogP contribution in [0.3, 0.4) is 0 Å². The molecule has 2 N–H and O–H groups in total. The molecular weight excluding hydrogens is 250 g/mol. The second-order valence-corrected chi connectivity index (χ2v) is 6.57. The third kappa shape index (κ3) is 3.40. The van der Waals surface area contributed by atoms with Crippen molar-refractivity contribution in [3.05, 3.63) is 0 Å². The number of rotatable bonds is 6. The Balaban J connectivity index is 1.69. The summed E-state index contributed by atoms with van der Waals surface area (Å²) >= 11 is 1.16. The molecule has 0 unspecified atom stereocenters. The molecule has 1 amide bonds. The third-order valence-corrected chi connectivity index (χ3v) is 5.20. The SMILES string of the molecule is C[C@@H](NC(=O)CSCC(=O)O)[C@H]1C[C@@H]2CC[C@@H]1C2. The van der Waals surface area contributed by atoms with Crippen LogP contribution in [0.25, 0.3) is 0 Å². The molecule has 0 aliphatic heterocycles. The van der Waals surface area contributed by atoms with Crippen LogP contribution in [0.5, 0.6) is 0 Å². The summed E-state index contributed by atoms with van der Waals surface area (Å²) in [5, 5.41) is 11.5. The van der Waals surface area contributed by atoms with Crippen molar-refractivity contribution in [1.29, 1.82) is 0 Å². The first kappa shape index (κ1) is 13.7. The van der Waals surface area contributed by atoms with Gasteiger partial charge in [-0.3, -0.25) is 9.59 Å². The van der Waals surface area contributed by atoms with E-state index in [1.165, 1.54) is 25.7 Å². The number of carbonyl (C=O) groups is 2. The zero-order valence-corrected chi connectivity index (χ0v) is 11.5. The van der Waals surface area contributed by atoms with Crippen molar-refractivity contribution in [2.75, 3.05) is 11.5 Å². The van der Waals surface area contributed by atoms with E-state index in [2.05, 4.69) is 12.2 Å². The Morgan fingerprint density at radius 2 is 2.11 bits per heavy atom. The van der Waals surface area contributed by atoms with Gasteiger partial charge in [0.2, 0.25) is 5.91 Å². The number of carboxylic acid groups (broad SMARTS) is 1. The summed E-state index contributed by atoms with van der Waals surface area (Å²) in [6, 6.07) is 0.234. The number of carbonyl (C=O) groups excluding carboxylic acids is 1.